The molecule has 0 amide bonds. The zero-order valence-corrected chi connectivity index (χ0v) is 20.9. The van der Waals surface area contributed by atoms with Gasteiger partial charge in [-0.3, -0.25) is 14.8 Å². The number of morpholine rings is 2. The molecule has 2 aliphatic heterocycles. The zero-order valence-electron chi connectivity index (χ0n) is 18.5. The maximum atomic E-state index is 13.4. The standard InChI is InChI=1S/C22H36FN5O2.HI/c1-24-22(25-8-2-3-9-27-10-14-29-15-11-27)26-18-21(28-12-16-30-17-13-28)19-4-6-20(23)7-5-19;/h4-7,21H,2-3,8-18H2,1H3,(H2,24,25,26);1H. The second kappa shape index (κ2) is 14.9. The van der Waals surface area contributed by atoms with Crippen molar-refractivity contribution in [3.63, 3.8) is 0 Å². The molecule has 1 unspecified atom stereocenters. The maximum Gasteiger partial charge on any atom is 0.191 e. The van der Waals surface area contributed by atoms with E-state index in [0.29, 0.717) is 6.54 Å². The first-order chi connectivity index (χ1) is 14.8. The van der Waals surface area contributed by atoms with Crippen LogP contribution in [0.25, 0.3) is 0 Å². The largest absolute Gasteiger partial charge is 0.379 e. The van der Waals surface area contributed by atoms with Gasteiger partial charge in [0.15, 0.2) is 5.96 Å². The van der Waals surface area contributed by atoms with Crippen LogP contribution in [0, 0.1) is 5.82 Å². The van der Waals surface area contributed by atoms with E-state index in [-0.39, 0.29) is 35.8 Å². The van der Waals surface area contributed by atoms with E-state index >= 15 is 0 Å². The molecule has 7 nitrogen and oxygen atoms in total. The summed E-state index contributed by atoms with van der Waals surface area (Å²) in [7, 11) is 1.80. The second-order valence-corrected chi connectivity index (χ2v) is 7.76. The minimum absolute atomic E-state index is 0. The van der Waals surface area contributed by atoms with Gasteiger partial charge in [-0.25, -0.2) is 4.39 Å². The lowest BCUT2D eigenvalue weighted by Crippen LogP contribution is -2.46. The summed E-state index contributed by atoms with van der Waals surface area (Å²) in [5.74, 6) is 0.601. The van der Waals surface area contributed by atoms with Crippen molar-refractivity contribution in [1.82, 2.24) is 20.4 Å². The molecule has 31 heavy (non-hydrogen) atoms. The van der Waals surface area contributed by atoms with E-state index < -0.39 is 0 Å². The highest BCUT2D eigenvalue weighted by Crippen LogP contribution is 2.21. The second-order valence-electron chi connectivity index (χ2n) is 7.76. The lowest BCUT2D eigenvalue weighted by atomic mass is 10.0. The van der Waals surface area contributed by atoms with Crippen molar-refractivity contribution in [1.29, 1.82) is 0 Å². The number of hydrogen-bond acceptors (Lipinski definition) is 5. The summed E-state index contributed by atoms with van der Waals surface area (Å²) < 4.78 is 24.3. The molecule has 1 aromatic rings. The van der Waals surface area contributed by atoms with Crippen LogP contribution in [0.5, 0.6) is 0 Å². The third-order valence-electron chi connectivity index (χ3n) is 5.72. The van der Waals surface area contributed by atoms with Gasteiger partial charge in [0.25, 0.3) is 0 Å². The predicted octanol–water partition coefficient (Wildman–Crippen LogP) is 2.09. The molecule has 9 heteroatoms. The van der Waals surface area contributed by atoms with Gasteiger partial charge in [-0.1, -0.05) is 12.1 Å². The quantitative estimate of drug-likeness (QED) is 0.213. The Hall–Kier alpha value is -1.01. The fraction of sp³-hybridized carbons (Fsp3) is 0.682. The Balaban J connectivity index is 0.00000341. The van der Waals surface area contributed by atoms with Crippen LogP contribution in [0.2, 0.25) is 0 Å². The van der Waals surface area contributed by atoms with Crippen LogP contribution >= 0.6 is 24.0 Å². The maximum absolute atomic E-state index is 13.4. The van der Waals surface area contributed by atoms with Gasteiger partial charge in [0, 0.05) is 46.3 Å². The Morgan fingerprint density at radius 2 is 1.65 bits per heavy atom. The predicted molar refractivity (Wildman–Crippen MR) is 133 cm³/mol. The van der Waals surface area contributed by atoms with Crippen LogP contribution in [0.4, 0.5) is 4.39 Å². The summed E-state index contributed by atoms with van der Waals surface area (Å²) in [5, 5.41) is 6.87. The molecular formula is C22H37FIN5O2. The highest BCUT2D eigenvalue weighted by Gasteiger charge is 2.23. The normalized spacial score (nSPS) is 19.5. The number of guanidine groups is 1. The summed E-state index contributed by atoms with van der Waals surface area (Å²) in [6.45, 7) is 9.73. The number of nitrogens with one attached hydrogen (secondary N) is 2. The highest BCUT2D eigenvalue weighted by atomic mass is 127. The summed E-state index contributed by atoms with van der Waals surface area (Å²) in [4.78, 5) is 9.22. The molecule has 2 N–H and O–H groups in total. The molecule has 2 saturated heterocycles. The van der Waals surface area contributed by atoms with Gasteiger partial charge in [0.05, 0.1) is 32.5 Å². The van der Waals surface area contributed by atoms with Crippen LogP contribution in [0.15, 0.2) is 29.3 Å². The van der Waals surface area contributed by atoms with Gasteiger partial charge in [-0.05, 0) is 37.1 Å². The number of rotatable bonds is 9. The fourth-order valence-electron chi connectivity index (χ4n) is 3.94. The highest BCUT2D eigenvalue weighted by molar-refractivity contribution is 14.0. The van der Waals surface area contributed by atoms with Gasteiger partial charge in [-0.2, -0.15) is 0 Å². The number of unbranched alkanes of at least 4 members (excludes halogenated alkanes) is 1. The Morgan fingerprint density at radius 1 is 1.00 bits per heavy atom. The van der Waals surface area contributed by atoms with Crippen molar-refractivity contribution in [2.45, 2.75) is 18.9 Å². The number of ether oxygens (including phenoxy) is 2. The van der Waals surface area contributed by atoms with Crippen LogP contribution in [0.3, 0.4) is 0 Å². The summed E-state index contributed by atoms with van der Waals surface area (Å²) in [5.41, 5.74) is 1.10. The van der Waals surface area contributed by atoms with Crippen molar-refractivity contribution in [2.24, 2.45) is 4.99 Å². The van der Waals surface area contributed by atoms with Crippen LogP contribution in [-0.4, -0.2) is 95.0 Å². The Bertz CT molecular complexity index is 637. The first-order valence-corrected chi connectivity index (χ1v) is 11.1. The molecule has 2 heterocycles. The van der Waals surface area contributed by atoms with E-state index in [9.17, 15) is 4.39 Å². The van der Waals surface area contributed by atoms with E-state index in [2.05, 4.69) is 25.4 Å². The molecular weight excluding hydrogens is 512 g/mol. The minimum Gasteiger partial charge on any atom is -0.379 e. The van der Waals surface area contributed by atoms with E-state index in [1.807, 2.05) is 12.1 Å². The molecule has 1 atom stereocenters. The van der Waals surface area contributed by atoms with E-state index in [1.165, 1.54) is 12.1 Å². The number of halogens is 2. The first kappa shape index (κ1) is 26.2. The van der Waals surface area contributed by atoms with E-state index in [1.54, 1.807) is 7.05 Å². The summed E-state index contributed by atoms with van der Waals surface area (Å²) in [6.07, 6.45) is 2.26. The van der Waals surface area contributed by atoms with Gasteiger partial charge in [0.1, 0.15) is 5.82 Å². The van der Waals surface area contributed by atoms with Crippen LogP contribution in [-0.2, 0) is 9.47 Å². The lowest BCUT2D eigenvalue weighted by Gasteiger charge is -2.35. The number of nitrogens with zero attached hydrogens (tertiary/aromatic N) is 3. The smallest absolute Gasteiger partial charge is 0.191 e. The minimum atomic E-state index is -0.206. The van der Waals surface area contributed by atoms with Gasteiger partial charge >= 0.3 is 0 Å². The molecule has 1 aromatic carbocycles. The topological polar surface area (TPSA) is 61.4 Å². The monoisotopic (exact) mass is 549 g/mol. The molecule has 2 aliphatic rings. The average molecular weight is 549 g/mol. The average Bonchev–Trinajstić information content (AvgIpc) is 2.80. The zero-order chi connectivity index (χ0) is 21.0. The van der Waals surface area contributed by atoms with Crippen LogP contribution < -0.4 is 10.6 Å². The van der Waals surface area contributed by atoms with Gasteiger partial charge < -0.3 is 20.1 Å². The molecule has 0 radical (unpaired) electrons. The lowest BCUT2D eigenvalue weighted by molar-refractivity contribution is 0.0170. The fourth-order valence-corrected chi connectivity index (χ4v) is 3.94. The van der Waals surface area contributed by atoms with Gasteiger partial charge in [-0.15, -0.1) is 24.0 Å². The molecule has 0 spiro atoms. The van der Waals surface area contributed by atoms with E-state index in [0.717, 1.165) is 90.1 Å². The number of hydrogen-bond donors (Lipinski definition) is 2. The van der Waals surface area contributed by atoms with Gasteiger partial charge in [0.2, 0.25) is 0 Å². The van der Waals surface area contributed by atoms with Crippen molar-refractivity contribution in [3.05, 3.63) is 35.6 Å². The van der Waals surface area contributed by atoms with Crippen molar-refractivity contribution >= 4 is 29.9 Å². The molecule has 0 bridgehead atoms. The van der Waals surface area contributed by atoms with Crippen molar-refractivity contribution in [2.75, 3.05) is 79.3 Å². The number of benzene rings is 1. The van der Waals surface area contributed by atoms with Crippen molar-refractivity contribution < 1.29 is 13.9 Å². The summed E-state index contributed by atoms with van der Waals surface area (Å²) in [6, 6.07) is 6.96. The molecule has 0 aromatic heterocycles. The van der Waals surface area contributed by atoms with Crippen LogP contribution in [0.1, 0.15) is 24.4 Å². The third-order valence-corrected chi connectivity index (χ3v) is 5.72. The van der Waals surface area contributed by atoms with Crippen molar-refractivity contribution in [3.8, 4) is 0 Å². The Kier molecular flexibility index (Phi) is 12.6. The molecule has 3 rings (SSSR count). The Morgan fingerprint density at radius 3 is 2.29 bits per heavy atom. The third kappa shape index (κ3) is 9.17. The molecule has 2 fully saturated rings. The molecule has 0 saturated carbocycles. The summed E-state index contributed by atoms with van der Waals surface area (Å²) >= 11 is 0. The first-order valence-electron chi connectivity index (χ1n) is 11.1. The van der Waals surface area contributed by atoms with E-state index in [4.69, 9.17) is 9.47 Å². The molecule has 0 aliphatic carbocycles. The number of aliphatic imine (C=N–C) groups is 1. The SMILES string of the molecule is CN=C(NCCCCN1CCOCC1)NCC(c1ccc(F)cc1)N1CCOCC1.I. The Labute approximate surface area is 202 Å². The molecule has 176 valence electrons.